The molecule has 0 saturated heterocycles. The van der Waals surface area contributed by atoms with Gasteiger partial charge in [0.25, 0.3) is 0 Å². The molecule has 0 aliphatic heterocycles. The minimum Gasteiger partial charge on any atom is -0.392 e. The molecule has 86 valence electrons. The summed E-state index contributed by atoms with van der Waals surface area (Å²) in [6.07, 6.45) is 2.02. The zero-order valence-corrected chi connectivity index (χ0v) is 9.93. The molecule has 17 heavy (non-hydrogen) atoms. The van der Waals surface area contributed by atoms with Crippen LogP contribution in [0.2, 0.25) is 0 Å². The number of benzene rings is 2. The second-order valence-electron chi connectivity index (χ2n) is 4.10. The first-order valence-corrected chi connectivity index (χ1v) is 5.73. The molecule has 1 heteroatoms. The first-order valence-electron chi connectivity index (χ1n) is 5.73. The summed E-state index contributed by atoms with van der Waals surface area (Å²) in [5, 5.41) is 9.44. The SMILES string of the molecule is Cc1ccc(/C(=C\c2ccccc2)CO)cc1. The van der Waals surface area contributed by atoms with E-state index in [4.69, 9.17) is 0 Å². The summed E-state index contributed by atoms with van der Waals surface area (Å²) >= 11 is 0. The fourth-order valence-electron chi connectivity index (χ4n) is 1.74. The van der Waals surface area contributed by atoms with Gasteiger partial charge in [0, 0.05) is 0 Å². The average Bonchev–Trinajstić information content (AvgIpc) is 2.38. The summed E-state index contributed by atoms with van der Waals surface area (Å²) in [5.74, 6) is 0. The molecule has 0 saturated carbocycles. The summed E-state index contributed by atoms with van der Waals surface area (Å²) in [6, 6.07) is 18.2. The van der Waals surface area contributed by atoms with Gasteiger partial charge in [-0.05, 0) is 29.7 Å². The third kappa shape index (κ3) is 3.05. The fraction of sp³-hybridized carbons (Fsp3) is 0.125. The molecule has 0 heterocycles. The highest BCUT2D eigenvalue weighted by molar-refractivity contribution is 5.81. The number of rotatable bonds is 3. The van der Waals surface area contributed by atoms with Gasteiger partial charge in [0.2, 0.25) is 0 Å². The smallest absolute Gasteiger partial charge is 0.0687 e. The van der Waals surface area contributed by atoms with Gasteiger partial charge in [0.15, 0.2) is 0 Å². The van der Waals surface area contributed by atoms with Crippen molar-refractivity contribution in [1.82, 2.24) is 0 Å². The summed E-state index contributed by atoms with van der Waals surface area (Å²) in [5.41, 5.74) is 4.35. The molecule has 0 radical (unpaired) electrons. The van der Waals surface area contributed by atoms with Crippen LogP contribution < -0.4 is 0 Å². The molecule has 0 unspecified atom stereocenters. The van der Waals surface area contributed by atoms with E-state index < -0.39 is 0 Å². The fourth-order valence-corrected chi connectivity index (χ4v) is 1.74. The third-order valence-electron chi connectivity index (χ3n) is 2.73. The Kier molecular flexibility index (Phi) is 3.73. The lowest BCUT2D eigenvalue weighted by Crippen LogP contribution is -1.90. The molecule has 0 spiro atoms. The van der Waals surface area contributed by atoms with Gasteiger partial charge in [0.1, 0.15) is 0 Å². The summed E-state index contributed by atoms with van der Waals surface area (Å²) in [6.45, 7) is 2.11. The lowest BCUT2D eigenvalue weighted by molar-refractivity contribution is 0.351. The first-order chi connectivity index (χ1) is 8.29. The average molecular weight is 224 g/mol. The van der Waals surface area contributed by atoms with Crippen molar-refractivity contribution in [3.63, 3.8) is 0 Å². The van der Waals surface area contributed by atoms with Crippen LogP contribution in [0.3, 0.4) is 0 Å². The van der Waals surface area contributed by atoms with Crippen molar-refractivity contribution in [3.05, 3.63) is 71.3 Å². The zero-order chi connectivity index (χ0) is 12.1. The molecule has 2 aromatic carbocycles. The van der Waals surface area contributed by atoms with Crippen molar-refractivity contribution >= 4 is 11.6 Å². The van der Waals surface area contributed by atoms with Crippen molar-refractivity contribution in [1.29, 1.82) is 0 Å². The molecule has 0 aliphatic rings. The van der Waals surface area contributed by atoms with Crippen molar-refractivity contribution in [3.8, 4) is 0 Å². The maximum absolute atomic E-state index is 9.44. The molecule has 0 aliphatic carbocycles. The van der Waals surface area contributed by atoms with Crippen LogP contribution in [0.5, 0.6) is 0 Å². The number of hydrogen-bond acceptors (Lipinski definition) is 1. The van der Waals surface area contributed by atoms with E-state index in [1.165, 1.54) is 5.56 Å². The highest BCUT2D eigenvalue weighted by atomic mass is 16.3. The molecule has 0 amide bonds. The minimum atomic E-state index is 0.0535. The third-order valence-corrected chi connectivity index (χ3v) is 2.73. The number of aliphatic hydroxyl groups is 1. The van der Waals surface area contributed by atoms with Gasteiger partial charge >= 0.3 is 0 Å². The maximum atomic E-state index is 9.44. The predicted molar refractivity (Wildman–Crippen MR) is 72.6 cm³/mol. The Balaban J connectivity index is 2.34. The van der Waals surface area contributed by atoms with Crippen LogP contribution in [0.1, 0.15) is 16.7 Å². The molecule has 0 atom stereocenters. The van der Waals surface area contributed by atoms with E-state index >= 15 is 0 Å². The quantitative estimate of drug-likeness (QED) is 0.791. The Labute approximate surface area is 102 Å². The molecule has 2 aromatic rings. The summed E-state index contributed by atoms with van der Waals surface area (Å²) in [4.78, 5) is 0. The number of aryl methyl sites for hydroxylation is 1. The lowest BCUT2D eigenvalue weighted by atomic mass is 10.0. The molecule has 0 bridgehead atoms. The number of aliphatic hydroxyl groups excluding tert-OH is 1. The normalized spacial score (nSPS) is 11.5. The van der Waals surface area contributed by atoms with Crippen LogP contribution in [0.4, 0.5) is 0 Å². The first kappa shape index (κ1) is 11.6. The standard InChI is InChI=1S/C16H16O/c1-13-7-9-15(10-8-13)16(12-17)11-14-5-3-2-4-6-14/h2-11,17H,12H2,1H3/b16-11-. The predicted octanol–water partition coefficient (Wildman–Crippen LogP) is 3.53. The second kappa shape index (κ2) is 5.46. The van der Waals surface area contributed by atoms with E-state index in [2.05, 4.69) is 19.1 Å². The van der Waals surface area contributed by atoms with Gasteiger partial charge in [0.05, 0.1) is 6.61 Å². The van der Waals surface area contributed by atoms with Crippen molar-refractivity contribution in [2.45, 2.75) is 6.92 Å². The van der Waals surface area contributed by atoms with E-state index in [-0.39, 0.29) is 6.61 Å². The van der Waals surface area contributed by atoms with Crippen molar-refractivity contribution < 1.29 is 5.11 Å². The highest BCUT2D eigenvalue weighted by Crippen LogP contribution is 2.18. The second-order valence-corrected chi connectivity index (χ2v) is 4.10. The van der Waals surface area contributed by atoms with Crippen LogP contribution >= 0.6 is 0 Å². The molecule has 2 rings (SSSR count). The van der Waals surface area contributed by atoms with E-state index in [1.54, 1.807) is 0 Å². The van der Waals surface area contributed by atoms with Crippen LogP contribution in [-0.4, -0.2) is 11.7 Å². The topological polar surface area (TPSA) is 20.2 Å². The van der Waals surface area contributed by atoms with Crippen LogP contribution in [0, 0.1) is 6.92 Å². The Morgan fingerprint density at radius 2 is 1.65 bits per heavy atom. The molecule has 0 aromatic heterocycles. The van der Waals surface area contributed by atoms with E-state index in [1.807, 2.05) is 48.5 Å². The Hall–Kier alpha value is -1.86. The Morgan fingerprint density at radius 1 is 1.00 bits per heavy atom. The minimum absolute atomic E-state index is 0.0535. The molecular weight excluding hydrogens is 208 g/mol. The summed E-state index contributed by atoms with van der Waals surface area (Å²) in [7, 11) is 0. The van der Waals surface area contributed by atoms with E-state index in [0.29, 0.717) is 0 Å². The maximum Gasteiger partial charge on any atom is 0.0687 e. The van der Waals surface area contributed by atoms with Crippen LogP contribution in [0.15, 0.2) is 54.6 Å². The van der Waals surface area contributed by atoms with Gasteiger partial charge < -0.3 is 5.11 Å². The highest BCUT2D eigenvalue weighted by Gasteiger charge is 2.00. The number of hydrogen-bond donors (Lipinski definition) is 1. The molecule has 1 nitrogen and oxygen atoms in total. The van der Waals surface area contributed by atoms with E-state index in [9.17, 15) is 5.11 Å². The lowest BCUT2D eigenvalue weighted by Gasteiger charge is -2.05. The van der Waals surface area contributed by atoms with Gasteiger partial charge in [-0.3, -0.25) is 0 Å². The monoisotopic (exact) mass is 224 g/mol. The molecule has 0 fully saturated rings. The largest absolute Gasteiger partial charge is 0.392 e. The van der Waals surface area contributed by atoms with Crippen molar-refractivity contribution in [2.75, 3.05) is 6.61 Å². The van der Waals surface area contributed by atoms with Gasteiger partial charge in [-0.15, -0.1) is 0 Å². The van der Waals surface area contributed by atoms with Gasteiger partial charge in [-0.2, -0.15) is 0 Å². The van der Waals surface area contributed by atoms with Gasteiger partial charge in [-0.25, -0.2) is 0 Å². The van der Waals surface area contributed by atoms with Crippen LogP contribution in [0.25, 0.3) is 11.6 Å². The van der Waals surface area contributed by atoms with E-state index in [0.717, 1.165) is 16.7 Å². The Morgan fingerprint density at radius 3 is 2.24 bits per heavy atom. The molecular formula is C16H16O. The summed E-state index contributed by atoms with van der Waals surface area (Å²) < 4.78 is 0. The zero-order valence-electron chi connectivity index (χ0n) is 9.93. The van der Waals surface area contributed by atoms with Gasteiger partial charge in [-0.1, -0.05) is 60.2 Å². The van der Waals surface area contributed by atoms with Crippen LogP contribution in [-0.2, 0) is 0 Å². The molecule has 1 N–H and O–H groups in total. The Bertz CT molecular complexity index is 495. The van der Waals surface area contributed by atoms with Crippen molar-refractivity contribution in [2.24, 2.45) is 0 Å².